The number of aryl methyl sites for hydroxylation is 1. The zero-order valence-electron chi connectivity index (χ0n) is 20.9. The molecule has 0 saturated carbocycles. The van der Waals surface area contributed by atoms with Gasteiger partial charge in [-0.3, -0.25) is 14.9 Å². The number of imidazole rings is 1. The number of fused-ring (bicyclic) bond motifs is 1. The van der Waals surface area contributed by atoms with Gasteiger partial charge in [-0.25, -0.2) is 9.78 Å². The summed E-state index contributed by atoms with van der Waals surface area (Å²) < 4.78 is 1.76. The second kappa shape index (κ2) is 9.93. The molecule has 5 rings (SSSR count). The molecule has 9 heteroatoms. The Morgan fingerprint density at radius 3 is 2.16 bits per heavy atom. The van der Waals surface area contributed by atoms with Crippen LogP contribution in [0.2, 0.25) is 0 Å². The summed E-state index contributed by atoms with van der Waals surface area (Å²) in [4.78, 5) is 43.6. The molecule has 0 fully saturated rings. The topological polar surface area (TPSA) is 119 Å². The molecule has 38 heavy (non-hydrogen) atoms. The quantitative estimate of drug-likeness (QED) is 0.293. The van der Waals surface area contributed by atoms with Crippen molar-refractivity contribution in [1.82, 2.24) is 14.5 Å². The molecule has 0 radical (unpaired) electrons. The summed E-state index contributed by atoms with van der Waals surface area (Å²) >= 11 is 0. The van der Waals surface area contributed by atoms with Gasteiger partial charge in [-0.1, -0.05) is 60.7 Å². The van der Waals surface area contributed by atoms with Crippen molar-refractivity contribution in [3.8, 4) is 5.69 Å². The average Bonchev–Trinajstić information content (AvgIpc) is 3.34. The molecule has 0 aliphatic carbocycles. The summed E-state index contributed by atoms with van der Waals surface area (Å²) in [6.07, 6.45) is 1.63. The van der Waals surface area contributed by atoms with Gasteiger partial charge in [-0.2, -0.15) is 0 Å². The van der Waals surface area contributed by atoms with Crippen LogP contribution in [0.4, 0.5) is 5.69 Å². The molecule has 2 heterocycles. The van der Waals surface area contributed by atoms with E-state index in [0.717, 1.165) is 11.1 Å². The number of aliphatic carboxylic acids is 1. The Bertz CT molecular complexity index is 1480. The van der Waals surface area contributed by atoms with E-state index in [1.54, 1.807) is 36.9 Å². The van der Waals surface area contributed by atoms with Crippen LogP contribution in [0.25, 0.3) is 5.69 Å². The number of hydrogen-bond acceptors (Lipinski definition) is 5. The van der Waals surface area contributed by atoms with E-state index in [-0.39, 0.29) is 18.0 Å². The first-order valence-electron chi connectivity index (χ1n) is 12.2. The molecule has 0 saturated heterocycles. The van der Waals surface area contributed by atoms with Gasteiger partial charge in [0.15, 0.2) is 0 Å². The number of carbonyl (C=O) groups excluding carboxylic acids is 1. The summed E-state index contributed by atoms with van der Waals surface area (Å²) in [5.74, 6) is -2.10. The van der Waals surface area contributed by atoms with Crippen molar-refractivity contribution in [3.05, 3.63) is 123 Å². The van der Waals surface area contributed by atoms with Crippen molar-refractivity contribution in [1.29, 1.82) is 0 Å². The van der Waals surface area contributed by atoms with E-state index in [4.69, 9.17) is 0 Å². The fourth-order valence-electron chi connectivity index (χ4n) is 5.31. The van der Waals surface area contributed by atoms with Crippen LogP contribution in [0, 0.1) is 17.0 Å². The van der Waals surface area contributed by atoms with Crippen LogP contribution in [0.3, 0.4) is 0 Å². The molecule has 3 aromatic carbocycles. The van der Waals surface area contributed by atoms with Gasteiger partial charge in [0.25, 0.3) is 5.69 Å². The third-order valence-corrected chi connectivity index (χ3v) is 7.14. The van der Waals surface area contributed by atoms with Gasteiger partial charge in [0, 0.05) is 23.7 Å². The van der Waals surface area contributed by atoms with Gasteiger partial charge < -0.3 is 14.6 Å². The Hall–Kier alpha value is -4.79. The van der Waals surface area contributed by atoms with Crippen molar-refractivity contribution < 1.29 is 19.6 Å². The summed E-state index contributed by atoms with van der Waals surface area (Å²) in [5.41, 5.74) is 3.95. The molecule has 4 aromatic rings. The van der Waals surface area contributed by atoms with Crippen LogP contribution >= 0.6 is 0 Å². The third kappa shape index (κ3) is 4.32. The highest BCUT2D eigenvalue weighted by Crippen LogP contribution is 2.38. The lowest BCUT2D eigenvalue weighted by atomic mass is 9.87. The molecule has 1 N–H and O–H groups in total. The summed E-state index contributed by atoms with van der Waals surface area (Å²) in [6.45, 7) is 3.44. The zero-order chi connectivity index (χ0) is 27.0. The minimum Gasteiger partial charge on any atom is -0.480 e. The highest BCUT2D eigenvalue weighted by atomic mass is 16.6. The predicted molar refractivity (Wildman–Crippen MR) is 140 cm³/mol. The maximum Gasteiger partial charge on any atom is 0.326 e. The van der Waals surface area contributed by atoms with Crippen molar-refractivity contribution in [2.24, 2.45) is 0 Å². The van der Waals surface area contributed by atoms with Gasteiger partial charge in [0.1, 0.15) is 6.04 Å². The molecule has 1 aromatic heterocycles. The maximum absolute atomic E-state index is 14.2. The Balaban J connectivity index is 1.57. The standard InChI is InChI=1S/C29H26N4O5/c1-18-15-22(13-14-23(18)33(37)38)31-17-30-27-19(2)32(25(29(35)36)16-24(27)31)28(34)26(20-9-5-3-6-10-20)21-11-7-4-8-12-21/h3-15,17,19,25-26H,16H2,1-2H3,(H,35,36)/t19?,25-/m0/s1. The average molecular weight is 511 g/mol. The van der Waals surface area contributed by atoms with Gasteiger partial charge in [-0.05, 0) is 37.1 Å². The van der Waals surface area contributed by atoms with Crippen LogP contribution in [0.1, 0.15) is 47.0 Å². The number of amides is 1. The minimum absolute atomic E-state index is 0.00384. The Morgan fingerprint density at radius 2 is 1.63 bits per heavy atom. The van der Waals surface area contributed by atoms with E-state index < -0.39 is 28.9 Å². The molecule has 0 bridgehead atoms. The lowest BCUT2D eigenvalue weighted by molar-refractivity contribution is -0.385. The van der Waals surface area contributed by atoms with Gasteiger partial charge in [-0.15, -0.1) is 0 Å². The minimum atomic E-state index is -1.12. The Morgan fingerprint density at radius 1 is 1.03 bits per heavy atom. The molecule has 1 aliphatic heterocycles. The number of benzene rings is 3. The highest BCUT2D eigenvalue weighted by molar-refractivity contribution is 5.91. The second-order valence-electron chi connectivity index (χ2n) is 9.41. The van der Waals surface area contributed by atoms with Crippen LogP contribution in [-0.2, 0) is 16.0 Å². The molecule has 1 amide bonds. The molecular formula is C29H26N4O5. The predicted octanol–water partition coefficient (Wildman–Crippen LogP) is 4.82. The van der Waals surface area contributed by atoms with E-state index in [2.05, 4.69) is 4.98 Å². The van der Waals surface area contributed by atoms with Crippen LogP contribution in [-0.4, -0.2) is 42.4 Å². The molecule has 192 valence electrons. The van der Waals surface area contributed by atoms with E-state index in [1.807, 2.05) is 60.7 Å². The largest absolute Gasteiger partial charge is 0.480 e. The monoisotopic (exact) mass is 510 g/mol. The van der Waals surface area contributed by atoms with E-state index in [0.29, 0.717) is 22.6 Å². The lowest BCUT2D eigenvalue weighted by Crippen LogP contribution is -2.52. The van der Waals surface area contributed by atoms with Crippen molar-refractivity contribution in [2.45, 2.75) is 38.3 Å². The lowest BCUT2D eigenvalue weighted by Gasteiger charge is -2.40. The van der Waals surface area contributed by atoms with Crippen molar-refractivity contribution in [2.75, 3.05) is 0 Å². The fourth-order valence-corrected chi connectivity index (χ4v) is 5.31. The van der Waals surface area contributed by atoms with Crippen LogP contribution in [0.5, 0.6) is 0 Å². The van der Waals surface area contributed by atoms with Crippen LogP contribution in [0.15, 0.2) is 85.2 Å². The van der Waals surface area contributed by atoms with Crippen LogP contribution < -0.4 is 0 Å². The fraction of sp³-hybridized carbons (Fsp3) is 0.207. The van der Waals surface area contributed by atoms with Crippen molar-refractivity contribution in [3.63, 3.8) is 0 Å². The number of aromatic nitrogens is 2. The van der Waals surface area contributed by atoms with Gasteiger partial charge >= 0.3 is 5.97 Å². The van der Waals surface area contributed by atoms with E-state index in [1.165, 1.54) is 11.0 Å². The third-order valence-electron chi connectivity index (χ3n) is 7.14. The van der Waals surface area contributed by atoms with Crippen molar-refractivity contribution >= 4 is 17.6 Å². The number of carbonyl (C=O) groups is 2. The first-order valence-corrected chi connectivity index (χ1v) is 12.2. The Labute approximate surface area is 219 Å². The molecule has 1 unspecified atom stereocenters. The molecular weight excluding hydrogens is 484 g/mol. The number of carboxylic acid groups (broad SMARTS) is 1. The molecule has 0 spiro atoms. The van der Waals surface area contributed by atoms with E-state index in [9.17, 15) is 24.8 Å². The maximum atomic E-state index is 14.2. The summed E-state index contributed by atoms with van der Waals surface area (Å²) in [6, 6.07) is 21.7. The SMILES string of the molecule is Cc1cc(-n2cnc3c2C[C@@H](C(=O)O)N(C(=O)C(c2ccccc2)c2ccccc2)C3C)ccc1[N+](=O)[O-]. The summed E-state index contributed by atoms with van der Waals surface area (Å²) in [5, 5.41) is 21.5. The highest BCUT2D eigenvalue weighted by Gasteiger charge is 2.44. The molecule has 9 nitrogen and oxygen atoms in total. The number of nitro groups is 1. The Kier molecular flexibility index (Phi) is 6.50. The first-order chi connectivity index (χ1) is 18.3. The first kappa shape index (κ1) is 24.9. The van der Waals surface area contributed by atoms with E-state index >= 15 is 0 Å². The summed E-state index contributed by atoms with van der Waals surface area (Å²) in [7, 11) is 0. The number of rotatable bonds is 6. The number of nitro benzene ring substituents is 1. The zero-order valence-corrected chi connectivity index (χ0v) is 20.9. The molecule has 1 aliphatic rings. The molecule has 2 atom stereocenters. The number of nitrogens with zero attached hydrogens (tertiary/aromatic N) is 4. The number of carboxylic acids is 1. The normalized spacial score (nSPS) is 16.8. The number of hydrogen-bond donors (Lipinski definition) is 1. The van der Waals surface area contributed by atoms with Gasteiger partial charge in [0.05, 0.1) is 34.6 Å². The smallest absolute Gasteiger partial charge is 0.326 e. The van der Waals surface area contributed by atoms with Gasteiger partial charge in [0.2, 0.25) is 5.91 Å². The second-order valence-corrected chi connectivity index (χ2v) is 9.41.